The van der Waals surface area contributed by atoms with Gasteiger partial charge in [-0.3, -0.25) is 4.79 Å². The molecule has 0 unspecified atom stereocenters. The molecule has 84 valence electrons. The van der Waals surface area contributed by atoms with Crippen LogP contribution < -0.4 is 5.32 Å². The first kappa shape index (κ1) is 10.7. The fourth-order valence-corrected chi connectivity index (χ4v) is 1.73. The Morgan fingerprint density at radius 1 is 1.44 bits per heavy atom. The lowest BCUT2D eigenvalue weighted by atomic mass is 10.2. The Morgan fingerprint density at radius 3 is 2.81 bits per heavy atom. The van der Waals surface area contributed by atoms with Gasteiger partial charge in [-0.05, 0) is 32.0 Å². The molecule has 1 aromatic carbocycles. The largest absolute Gasteiger partial charge is 0.355 e. The lowest BCUT2D eigenvalue weighted by Crippen LogP contribution is -2.17. The topological polar surface area (TPSA) is 46.9 Å². The molecule has 1 heterocycles. The summed E-state index contributed by atoms with van der Waals surface area (Å²) in [6.45, 7) is 4.21. The van der Waals surface area contributed by atoms with E-state index in [4.69, 9.17) is 0 Å². The maximum absolute atomic E-state index is 11.5. The summed E-state index contributed by atoms with van der Waals surface area (Å²) in [5.74, 6) is -0.0824. The van der Waals surface area contributed by atoms with Crippen molar-refractivity contribution in [2.24, 2.45) is 0 Å². The molecule has 0 aliphatic rings. The molecule has 0 saturated heterocycles. The van der Waals surface area contributed by atoms with E-state index in [2.05, 4.69) is 28.7 Å². The third kappa shape index (κ3) is 1.66. The van der Waals surface area contributed by atoms with Crippen LogP contribution in [0.1, 0.15) is 30.2 Å². The number of fused-ring (bicyclic) bond motifs is 1. The number of hydrogen-bond donors (Lipinski definition) is 1. The van der Waals surface area contributed by atoms with Crippen molar-refractivity contribution in [3.8, 4) is 0 Å². The first-order valence-corrected chi connectivity index (χ1v) is 5.32. The minimum atomic E-state index is -0.0824. The molecule has 4 heteroatoms. The van der Waals surface area contributed by atoms with Gasteiger partial charge in [-0.15, -0.1) is 0 Å². The number of aromatic nitrogens is 2. The molecule has 0 aliphatic heterocycles. The molecule has 0 bridgehead atoms. The van der Waals surface area contributed by atoms with E-state index in [0.717, 1.165) is 11.0 Å². The van der Waals surface area contributed by atoms with Gasteiger partial charge >= 0.3 is 0 Å². The van der Waals surface area contributed by atoms with Crippen LogP contribution in [0.4, 0.5) is 0 Å². The highest BCUT2D eigenvalue weighted by atomic mass is 16.1. The van der Waals surface area contributed by atoms with Crippen LogP contribution in [0.3, 0.4) is 0 Å². The molecule has 4 nitrogen and oxygen atoms in total. The number of rotatable bonds is 2. The first-order chi connectivity index (χ1) is 7.63. The zero-order valence-corrected chi connectivity index (χ0v) is 9.69. The smallest absolute Gasteiger partial charge is 0.251 e. The van der Waals surface area contributed by atoms with E-state index in [1.165, 1.54) is 0 Å². The number of nitrogens with one attached hydrogen (secondary N) is 1. The van der Waals surface area contributed by atoms with Gasteiger partial charge < -0.3 is 9.88 Å². The summed E-state index contributed by atoms with van der Waals surface area (Å²) in [6.07, 6.45) is 1.81. The second-order valence-electron chi connectivity index (χ2n) is 4.03. The van der Waals surface area contributed by atoms with Crippen LogP contribution in [0.15, 0.2) is 24.5 Å². The van der Waals surface area contributed by atoms with E-state index in [-0.39, 0.29) is 5.91 Å². The van der Waals surface area contributed by atoms with Gasteiger partial charge in [-0.1, -0.05) is 0 Å². The van der Waals surface area contributed by atoms with Crippen LogP contribution in [0.25, 0.3) is 11.0 Å². The maximum atomic E-state index is 11.5. The minimum Gasteiger partial charge on any atom is -0.355 e. The monoisotopic (exact) mass is 217 g/mol. The Morgan fingerprint density at radius 2 is 2.19 bits per heavy atom. The fourth-order valence-electron chi connectivity index (χ4n) is 1.73. The van der Waals surface area contributed by atoms with Gasteiger partial charge in [-0.25, -0.2) is 4.98 Å². The van der Waals surface area contributed by atoms with Gasteiger partial charge in [0.2, 0.25) is 0 Å². The molecule has 0 aliphatic carbocycles. The van der Waals surface area contributed by atoms with Gasteiger partial charge in [0, 0.05) is 18.7 Å². The molecule has 16 heavy (non-hydrogen) atoms. The van der Waals surface area contributed by atoms with E-state index in [1.54, 1.807) is 7.05 Å². The lowest BCUT2D eigenvalue weighted by molar-refractivity contribution is 0.0963. The van der Waals surface area contributed by atoms with Crippen molar-refractivity contribution in [3.05, 3.63) is 30.1 Å². The Balaban J connectivity index is 2.53. The summed E-state index contributed by atoms with van der Waals surface area (Å²) in [6, 6.07) is 5.94. The highest BCUT2D eigenvalue weighted by molar-refractivity contribution is 5.97. The van der Waals surface area contributed by atoms with Gasteiger partial charge in [-0.2, -0.15) is 0 Å². The number of nitrogens with zero attached hydrogens (tertiary/aromatic N) is 2. The molecule has 1 amide bonds. The minimum absolute atomic E-state index is 0.0824. The summed E-state index contributed by atoms with van der Waals surface area (Å²) in [5.41, 5.74) is 2.56. The van der Waals surface area contributed by atoms with E-state index in [9.17, 15) is 4.79 Å². The maximum Gasteiger partial charge on any atom is 0.251 e. The quantitative estimate of drug-likeness (QED) is 0.836. The van der Waals surface area contributed by atoms with Crippen molar-refractivity contribution in [2.75, 3.05) is 7.05 Å². The molecule has 2 rings (SSSR count). The van der Waals surface area contributed by atoms with Gasteiger partial charge in [0.1, 0.15) is 0 Å². The standard InChI is InChI=1S/C12H15N3O/c1-8(2)15-7-14-10-6-9(12(16)13-3)4-5-11(10)15/h4-8H,1-3H3,(H,13,16). The number of amides is 1. The van der Waals surface area contributed by atoms with Crippen LogP contribution in [-0.2, 0) is 0 Å². The Bertz CT molecular complexity index is 528. The second-order valence-corrected chi connectivity index (χ2v) is 4.03. The average molecular weight is 217 g/mol. The summed E-state index contributed by atoms with van der Waals surface area (Å²) in [5, 5.41) is 2.60. The molecule has 0 radical (unpaired) electrons. The second kappa shape index (κ2) is 3.96. The predicted octanol–water partition coefficient (Wildman–Crippen LogP) is 1.98. The number of imidazole rings is 1. The highest BCUT2D eigenvalue weighted by Crippen LogP contribution is 2.18. The number of carbonyl (C=O) groups is 1. The summed E-state index contributed by atoms with van der Waals surface area (Å²) < 4.78 is 2.09. The average Bonchev–Trinajstić information content (AvgIpc) is 2.70. The Hall–Kier alpha value is -1.84. The molecule has 0 saturated carbocycles. The summed E-state index contributed by atoms with van der Waals surface area (Å²) in [7, 11) is 1.62. The van der Waals surface area contributed by atoms with Crippen LogP contribution >= 0.6 is 0 Å². The number of hydrogen-bond acceptors (Lipinski definition) is 2. The molecular weight excluding hydrogens is 202 g/mol. The van der Waals surface area contributed by atoms with E-state index < -0.39 is 0 Å². The fraction of sp³-hybridized carbons (Fsp3) is 0.333. The SMILES string of the molecule is CNC(=O)c1ccc2c(c1)ncn2C(C)C. The van der Waals surface area contributed by atoms with Gasteiger partial charge in [0.05, 0.1) is 17.4 Å². The lowest BCUT2D eigenvalue weighted by Gasteiger charge is -2.07. The third-order valence-corrected chi connectivity index (χ3v) is 2.62. The van der Waals surface area contributed by atoms with Crippen LogP contribution in [0, 0.1) is 0 Å². The van der Waals surface area contributed by atoms with Crippen molar-refractivity contribution in [2.45, 2.75) is 19.9 Å². The summed E-state index contributed by atoms with van der Waals surface area (Å²) >= 11 is 0. The van der Waals surface area contributed by atoms with Gasteiger partial charge in [0.25, 0.3) is 5.91 Å². The molecule has 0 atom stereocenters. The van der Waals surface area contributed by atoms with Gasteiger partial charge in [0.15, 0.2) is 0 Å². The molecule has 2 aromatic rings. The molecule has 1 aromatic heterocycles. The van der Waals surface area contributed by atoms with Crippen LogP contribution in [0.5, 0.6) is 0 Å². The van der Waals surface area contributed by atoms with Crippen LogP contribution in [0.2, 0.25) is 0 Å². The zero-order chi connectivity index (χ0) is 11.7. The number of carbonyl (C=O) groups excluding carboxylic acids is 1. The van der Waals surface area contributed by atoms with Crippen LogP contribution in [-0.4, -0.2) is 22.5 Å². The highest BCUT2D eigenvalue weighted by Gasteiger charge is 2.08. The zero-order valence-electron chi connectivity index (χ0n) is 9.69. The van der Waals surface area contributed by atoms with E-state index in [0.29, 0.717) is 11.6 Å². The normalized spacial score (nSPS) is 11.0. The molecule has 1 N–H and O–H groups in total. The first-order valence-electron chi connectivity index (χ1n) is 5.32. The van der Waals surface area contributed by atoms with Crippen molar-refractivity contribution in [1.82, 2.24) is 14.9 Å². The third-order valence-electron chi connectivity index (χ3n) is 2.62. The Labute approximate surface area is 94.3 Å². The predicted molar refractivity (Wildman–Crippen MR) is 63.5 cm³/mol. The summed E-state index contributed by atoms with van der Waals surface area (Å²) in [4.78, 5) is 15.8. The molecular formula is C12H15N3O. The van der Waals surface area contributed by atoms with Crippen molar-refractivity contribution < 1.29 is 4.79 Å². The molecule has 0 fully saturated rings. The van der Waals surface area contributed by atoms with Crippen molar-refractivity contribution >= 4 is 16.9 Å². The van der Waals surface area contributed by atoms with Crippen molar-refractivity contribution in [1.29, 1.82) is 0 Å². The van der Waals surface area contributed by atoms with E-state index in [1.807, 2.05) is 24.5 Å². The molecule has 0 spiro atoms. The van der Waals surface area contributed by atoms with E-state index >= 15 is 0 Å². The van der Waals surface area contributed by atoms with Crippen molar-refractivity contribution in [3.63, 3.8) is 0 Å². The Kier molecular flexibility index (Phi) is 2.64. The number of benzene rings is 1.